The van der Waals surface area contributed by atoms with Crippen molar-refractivity contribution < 1.29 is 19.1 Å². The van der Waals surface area contributed by atoms with Crippen LogP contribution in [-0.2, 0) is 20.9 Å². The minimum absolute atomic E-state index is 0.0227. The van der Waals surface area contributed by atoms with Crippen LogP contribution in [0, 0.1) is 12.8 Å². The number of ketones is 1. The molecule has 1 fully saturated rings. The molecule has 7 nitrogen and oxygen atoms in total. The normalized spacial score (nSPS) is 18.3. The van der Waals surface area contributed by atoms with Crippen LogP contribution in [0.25, 0.3) is 0 Å². The van der Waals surface area contributed by atoms with Crippen molar-refractivity contribution in [3.8, 4) is 0 Å². The van der Waals surface area contributed by atoms with Gasteiger partial charge in [0.05, 0.1) is 12.2 Å². The molecule has 4 rings (SSSR count). The molecule has 184 valence electrons. The van der Waals surface area contributed by atoms with Gasteiger partial charge in [0, 0.05) is 17.2 Å². The third-order valence-electron chi connectivity index (χ3n) is 6.78. The number of benzene rings is 2. The van der Waals surface area contributed by atoms with Gasteiger partial charge in [0.1, 0.15) is 6.61 Å². The molecule has 1 aliphatic carbocycles. The van der Waals surface area contributed by atoms with E-state index in [1.165, 1.54) is 4.90 Å². The highest BCUT2D eigenvalue weighted by molar-refractivity contribution is 6.15. The van der Waals surface area contributed by atoms with Crippen LogP contribution in [0.1, 0.15) is 62.1 Å². The molecule has 1 unspecified atom stereocenters. The second-order valence-electron chi connectivity index (χ2n) is 9.23. The molecule has 1 N–H and O–H groups in total. The number of aliphatic imine (C=N–C) groups is 1. The van der Waals surface area contributed by atoms with E-state index in [4.69, 9.17) is 4.74 Å². The Morgan fingerprint density at radius 1 is 1.06 bits per heavy atom. The van der Waals surface area contributed by atoms with E-state index in [1.807, 2.05) is 62.4 Å². The Kier molecular flexibility index (Phi) is 7.95. The predicted octanol–water partition coefficient (Wildman–Crippen LogP) is 4.94. The molecular formula is C28H33N3O4. The number of hydrogen-bond donors (Lipinski definition) is 1. The Balaban J connectivity index is 1.59. The molecule has 0 spiro atoms. The van der Waals surface area contributed by atoms with Gasteiger partial charge in [-0.25, -0.2) is 4.79 Å². The molecule has 2 aromatic rings. The maximum Gasteiger partial charge on any atom is 0.409 e. The van der Waals surface area contributed by atoms with Gasteiger partial charge in [-0.1, -0.05) is 74.7 Å². The molecule has 2 aliphatic rings. The number of ether oxygens (including phenoxy) is 1. The zero-order valence-corrected chi connectivity index (χ0v) is 20.5. The van der Waals surface area contributed by atoms with E-state index in [9.17, 15) is 14.4 Å². The molecule has 0 radical (unpaired) electrons. The van der Waals surface area contributed by atoms with Crippen molar-refractivity contribution >= 4 is 29.2 Å². The summed E-state index contributed by atoms with van der Waals surface area (Å²) in [6.07, 6.45) is 3.65. The van der Waals surface area contributed by atoms with Crippen LogP contribution in [0.3, 0.4) is 0 Å². The highest BCUT2D eigenvalue weighted by Gasteiger charge is 2.35. The fourth-order valence-corrected chi connectivity index (χ4v) is 4.91. The van der Waals surface area contributed by atoms with Gasteiger partial charge < -0.3 is 9.64 Å². The van der Waals surface area contributed by atoms with Gasteiger partial charge in [0.25, 0.3) is 5.91 Å². The number of hydrogen-bond acceptors (Lipinski definition) is 5. The molecule has 0 aromatic heterocycles. The van der Waals surface area contributed by atoms with E-state index in [1.54, 1.807) is 0 Å². The van der Waals surface area contributed by atoms with E-state index in [0.29, 0.717) is 17.8 Å². The average molecular weight is 476 g/mol. The van der Waals surface area contributed by atoms with E-state index < -0.39 is 18.2 Å². The lowest BCUT2D eigenvalue weighted by Gasteiger charge is -2.29. The summed E-state index contributed by atoms with van der Waals surface area (Å²) < 4.78 is 5.34. The second kappa shape index (κ2) is 11.3. The topological polar surface area (TPSA) is 88.1 Å². The van der Waals surface area contributed by atoms with Crippen LogP contribution in [0.4, 0.5) is 10.5 Å². The van der Waals surface area contributed by atoms with Crippen molar-refractivity contribution in [2.75, 3.05) is 11.4 Å². The van der Waals surface area contributed by atoms with E-state index in [0.717, 1.165) is 48.8 Å². The third kappa shape index (κ3) is 5.78. The lowest BCUT2D eigenvalue weighted by Crippen LogP contribution is -2.49. The summed E-state index contributed by atoms with van der Waals surface area (Å²) in [6, 6.07) is 15.1. The summed E-state index contributed by atoms with van der Waals surface area (Å²) in [4.78, 5) is 45.7. The lowest BCUT2D eigenvalue weighted by molar-refractivity contribution is -0.126. The number of amides is 2. The smallest absolute Gasteiger partial charge is 0.409 e. The van der Waals surface area contributed by atoms with Crippen molar-refractivity contribution in [1.29, 1.82) is 0 Å². The van der Waals surface area contributed by atoms with Gasteiger partial charge in [-0.15, -0.1) is 0 Å². The summed E-state index contributed by atoms with van der Waals surface area (Å²) in [5, 5.41) is 2.63. The van der Waals surface area contributed by atoms with E-state index in [-0.39, 0.29) is 24.9 Å². The monoisotopic (exact) mass is 475 g/mol. The summed E-state index contributed by atoms with van der Waals surface area (Å²) in [5.41, 5.74) is 3.96. The Morgan fingerprint density at radius 3 is 2.51 bits per heavy atom. The number of carbonyl (C=O) groups is 3. The molecule has 0 saturated heterocycles. The van der Waals surface area contributed by atoms with Gasteiger partial charge in [-0.2, -0.15) is 0 Å². The van der Waals surface area contributed by atoms with Crippen molar-refractivity contribution in [3.63, 3.8) is 0 Å². The SMILES string of the molecule is CCC1=NC(NC(=O)OCc2ccccc2)C(=O)N(CC(=O)C2CCCCC2)c2c(C)cccc21. The summed E-state index contributed by atoms with van der Waals surface area (Å²) in [5.74, 6) is -0.386. The van der Waals surface area contributed by atoms with Crippen LogP contribution >= 0.6 is 0 Å². The number of fused-ring (bicyclic) bond motifs is 1. The standard InChI is InChI=1S/C28H33N3O4/c1-3-23-22-16-10-11-19(2)25(22)31(17-24(32)21-14-8-5-9-15-21)27(33)26(29-23)30-28(34)35-18-20-12-6-4-7-13-20/h4,6-7,10-13,16,21,26H,3,5,8-9,14-15,17-18H2,1-2H3,(H,30,34). The second-order valence-corrected chi connectivity index (χ2v) is 9.23. The number of Topliss-reactive ketones (excluding diaryl/α,β-unsaturated/α-hetero) is 1. The number of anilines is 1. The zero-order valence-electron chi connectivity index (χ0n) is 20.5. The molecule has 1 saturated carbocycles. The summed E-state index contributed by atoms with van der Waals surface area (Å²) in [7, 11) is 0. The number of aryl methyl sites for hydroxylation is 1. The quantitative estimate of drug-likeness (QED) is 0.614. The van der Waals surface area contributed by atoms with Gasteiger partial charge in [-0.05, 0) is 37.3 Å². The van der Waals surface area contributed by atoms with Crippen molar-refractivity contribution in [3.05, 3.63) is 65.2 Å². The Labute approximate surface area is 206 Å². The fraction of sp³-hybridized carbons (Fsp3) is 0.429. The molecule has 35 heavy (non-hydrogen) atoms. The first-order valence-electron chi connectivity index (χ1n) is 12.5. The Morgan fingerprint density at radius 2 is 1.80 bits per heavy atom. The largest absolute Gasteiger partial charge is 0.445 e. The molecule has 1 heterocycles. The first-order valence-corrected chi connectivity index (χ1v) is 12.5. The highest BCUT2D eigenvalue weighted by Crippen LogP contribution is 2.32. The maximum atomic E-state index is 13.7. The van der Waals surface area contributed by atoms with Gasteiger partial charge in [0.15, 0.2) is 5.78 Å². The summed E-state index contributed by atoms with van der Waals surface area (Å²) >= 11 is 0. The number of nitrogens with one attached hydrogen (secondary N) is 1. The molecule has 1 aliphatic heterocycles. The molecule has 1 atom stereocenters. The van der Waals surface area contributed by atoms with Crippen LogP contribution in [0.2, 0.25) is 0 Å². The van der Waals surface area contributed by atoms with Crippen molar-refractivity contribution in [2.24, 2.45) is 10.9 Å². The van der Waals surface area contributed by atoms with Crippen LogP contribution in [0.15, 0.2) is 53.5 Å². The van der Waals surface area contributed by atoms with Crippen LogP contribution in [-0.4, -0.2) is 36.2 Å². The number of benzodiazepines with no additional fused rings is 1. The number of carbonyl (C=O) groups excluding carboxylic acids is 3. The average Bonchev–Trinajstić information content (AvgIpc) is 2.99. The maximum absolute atomic E-state index is 13.7. The highest BCUT2D eigenvalue weighted by atomic mass is 16.5. The minimum atomic E-state index is -1.17. The number of nitrogens with zero attached hydrogens (tertiary/aromatic N) is 2. The molecular weight excluding hydrogens is 442 g/mol. The number of alkyl carbamates (subject to hydrolysis) is 1. The third-order valence-corrected chi connectivity index (χ3v) is 6.78. The Bertz CT molecular complexity index is 1110. The fourth-order valence-electron chi connectivity index (χ4n) is 4.91. The lowest BCUT2D eigenvalue weighted by atomic mass is 9.86. The van der Waals surface area contributed by atoms with Crippen molar-refractivity contribution in [2.45, 2.75) is 65.1 Å². The van der Waals surface area contributed by atoms with Crippen molar-refractivity contribution in [1.82, 2.24) is 5.32 Å². The van der Waals surface area contributed by atoms with Crippen LogP contribution in [0.5, 0.6) is 0 Å². The molecule has 2 amide bonds. The predicted molar refractivity (Wildman–Crippen MR) is 135 cm³/mol. The van der Waals surface area contributed by atoms with E-state index >= 15 is 0 Å². The molecule has 0 bridgehead atoms. The van der Waals surface area contributed by atoms with E-state index in [2.05, 4.69) is 10.3 Å². The summed E-state index contributed by atoms with van der Waals surface area (Å²) in [6.45, 7) is 3.95. The number of para-hydroxylation sites is 1. The zero-order chi connectivity index (χ0) is 24.8. The van der Waals surface area contributed by atoms with Gasteiger partial charge in [-0.3, -0.25) is 19.9 Å². The minimum Gasteiger partial charge on any atom is -0.445 e. The Hall–Kier alpha value is -3.48. The molecule has 7 heteroatoms. The van der Waals surface area contributed by atoms with Gasteiger partial charge in [0.2, 0.25) is 6.17 Å². The van der Waals surface area contributed by atoms with Crippen LogP contribution < -0.4 is 10.2 Å². The number of rotatable bonds is 7. The first-order chi connectivity index (χ1) is 17.0. The first kappa shape index (κ1) is 24.6. The molecule has 2 aromatic carbocycles. The van der Waals surface area contributed by atoms with Gasteiger partial charge >= 0.3 is 6.09 Å².